The van der Waals surface area contributed by atoms with E-state index in [1.807, 2.05) is 0 Å². The predicted octanol–water partition coefficient (Wildman–Crippen LogP) is 5.38. The Morgan fingerprint density at radius 1 is 1.23 bits per heavy atom. The van der Waals surface area contributed by atoms with Gasteiger partial charge in [-0.1, -0.05) is 45.0 Å². The Kier molecular flexibility index (Phi) is 5.39. The quantitative estimate of drug-likeness (QED) is 0.487. The topological polar surface area (TPSA) is 50.7 Å². The Morgan fingerprint density at radius 3 is 2.74 bits per heavy atom. The van der Waals surface area contributed by atoms with Crippen molar-refractivity contribution in [3.05, 3.63) is 12.2 Å². The molecule has 0 bridgehead atoms. The van der Waals surface area contributed by atoms with E-state index in [1.54, 1.807) is 0 Å². The second kappa shape index (κ2) is 7.71. The van der Waals surface area contributed by atoms with Gasteiger partial charge in [0.05, 0.1) is 5.71 Å². The summed E-state index contributed by atoms with van der Waals surface area (Å²) in [6.07, 6.45) is 9.15. The molecule has 0 amide bonds. The minimum atomic E-state index is -0.0847. The summed E-state index contributed by atoms with van der Waals surface area (Å²) in [6, 6.07) is 0. The van der Waals surface area contributed by atoms with Gasteiger partial charge < -0.3 is 10.2 Å². The van der Waals surface area contributed by atoms with E-state index in [-0.39, 0.29) is 22.9 Å². The lowest BCUT2D eigenvalue weighted by atomic mass is 9.42. The third-order valence-corrected chi connectivity index (χ3v) is 10.5. The summed E-state index contributed by atoms with van der Waals surface area (Å²) >= 11 is 0. The van der Waals surface area contributed by atoms with E-state index in [4.69, 9.17) is 9.99 Å². The lowest BCUT2D eigenvalue weighted by Gasteiger charge is -2.61. The molecule has 1 aliphatic heterocycles. The molecular weight excluding hydrogens is 384 g/mol. The Bertz CT molecular complexity index is 784. The van der Waals surface area contributed by atoms with Crippen molar-refractivity contribution in [1.82, 2.24) is 5.32 Å². The molecule has 4 nitrogen and oxygen atoms in total. The zero-order valence-corrected chi connectivity index (χ0v) is 20.1. The van der Waals surface area contributed by atoms with Crippen LogP contribution in [0.2, 0.25) is 0 Å². The SMILES string of the molecule is C=C1CC2C(CC[C@]3(C)C(=O)C(C)CC23)[C@@]2(C)CCC(=NOC3CCNC3)[C@H](CC)C12. The summed E-state index contributed by atoms with van der Waals surface area (Å²) in [5, 5.41) is 8.12. The molecule has 0 radical (unpaired) electrons. The van der Waals surface area contributed by atoms with Crippen LogP contribution in [0.15, 0.2) is 17.3 Å². The number of hydrogen-bond acceptors (Lipinski definition) is 4. The molecule has 1 N–H and O–H groups in total. The molecule has 0 aromatic heterocycles. The van der Waals surface area contributed by atoms with Crippen LogP contribution in [0.4, 0.5) is 0 Å². The van der Waals surface area contributed by atoms with Gasteiger partial charge in [0.15, 0.2) is 0 Å². The predicted molar refractivity (Wildman–Crippen MR) is 125 cm³/mol. The number of fused-ring (bicyclic) bond motifs is 5. The molecule has 1 saturated heterocycles. The molecule has 0 spiro atoms. The molecule has 1 heterocycles. The molecule has 6 unspecified atom stereocenters. The number of hydrogen-bond donors (Lipinski definition) is 1. The van der Waals surface area contributed by atoms with E-state index in [9.17, 15) is 4.79 Å². The molecule has 5 rings (SSSR count). The molecule has 4 saturated carbocycles. The monoisotopic (exact) mass is 426 g/mol. The second-order valence-electron chi connectivity index (χ2n) is 12.0. The highest BCUT2D eigenvalue weighted by Gasteiger charge is 2.63. The van der Waals surface area contributed by atoms with Crippen molar-refractivity contribution in [2.75, 3.05) is 13.1 Å². The smallest absolute Gasteiger partial charge is 0.141 e. The molecule has 31 heavy (non-hydrogen) atoms. The normalized spacial score (nSPS) is 50.8. The van der Waals surface area contributed by atoms with E-state index >= 15 is 0 Å². The lowest BCUT2D eigenvalue weighted by molar-refractivity contribution is -0.136. The van der Waals surface area contributed by atoms with Gasteiger partial charge in [-0.15, -0.1) is 0 Å². The first kappa shape index (κ1) is 21.7. The van der Waals surface area contributed by atoms with Crippen molar-refractivity contribution >= 4 is 11.5 Å². The van der Waals surface area contributed by atoms with Crippen LogP contribution in [0, 0.1) is 46.3 Å². The maximum Gasteiger partial charge on any atom is 0.141 e. The molecule has 5 fully saturated rings. The Balaban J connectivity index is 1.42. The van der Waals surface area contributed by atoms with Gasteiger partial charge in [-0.3, -0.25) is 4.79 Å². The van der Waals surface area contributed by atoms with Gasteiger partial charge in [-0.05, 0) is 80.6 Å². The van der Waals surface area contributed by atoms with Gasteiger partial charge in [0, 0.05) is 30.2 Å². The minimum Gasteiger partial charge on any atom is -0.391 e. The van der Waals surface area contributed by atoms with Crippen LogP contribution in [0.3, 0.4) is 0 Å². The molecule has 0 aromatic carbocycles. The average Bonchev–Trinajstić information content (AvgIpc) is 3.34. The number of nitrogens with zero attached hydrogens (tertiary/aromatic N) is 1. The van der Waals surface area contributed by atoms with E-state index in [2.05, 4.69) is 39.6 Å². The van der Waals surface area contributed by atoms with Crippen LogP contribution in [0.5, 0.6) is 0 Å². The lowest BCUT2D eigenvalue weighted by Crippen LogP contribution is -2.56. The van der Waals surface area contributed by atoms with Crippen LogP contribution in [-0.4, -0.2) is 30.7 Å². The van der Waals surface area contributed by atoms with Gasteiger partial charge in [0.1, 0.15) is 11.9 Å². The Morgan fingerprint density at radius 2 is 2.03 bits per heavy atom. The van der Waals surface area contributed by atoms with Crippen LogP contribution < -0.4 is 5.32 Å². The fourth-order valence-corrected chi connectivity index (χ4v) is 8.93. The van der Waals surface area contributed by atoms with Crippen molar-refractivity contribution in [2.24, 2.45) is 51.5 Å². The number of oxime groups is 1. The number of rotatable bonds is 3. The third-order valence-electron chi connectivity index (χ3n) is 10.5. The fourth-order valence-electron chi connectivity index (χ4n) is 8.93. The largest absolute Gasteiger partial charge is 0.391 e. The van der Waals surface area contributed by atoms with Crippen molar-refractivity contribution in [2.45, 2.75) is 85.2 Å². The van der Waals surface area contributed by atoms with Gasteiger partial charge in [-0.2, -0.15) is 0 Å². The zero-order chi connectivity index (χ0) is 22.0. The maximum atomic E-state index is 13.0. The van der Waals surface area contributed by atoms with Gasteiger partial charge in [0.25, 0.3) is 0 Å². The molecule has 172 valence electrons. The van der Waals surface area contributed by atoms with Crippen LogP contribution >= 0.6 is 0 Å². The number of Topliss-reactive ketones (excluding diaryl/α,β-unsaturated/α-hetero) is 1. The molecule has 5 aliphatic rings. The average molecular weight is 427 g/mol. The minimum absolute atomic E-state index is 0.0847. The summed E-state index contributed by atoms with van der Waals surface area (Å²) in [6.45, 7) is 16.0. The van der Waals surface area contributed by atoms with Gasteiger partial charge in [0.2, 0.25) is 0 Å². The summed E-state index contributed by atoms with van der Waals surface area (Å²) in [7, 11) is 0. The number of ketones is 1. The van der Waals surface area contributed by atoms with E-state index < -0.39 is 0 Å². The molecule has 9 atom stereocenters. The van der Waals surface area contributed by atoms with Crippen LogP contribution in [-0.2, 0) is 9.63 Å². The van der Waals surface area contributed by atoms with E-state index in [0.29, 0.717) is 29.5 Å². The van der Waals surface area contributed by atoms with Crippen molar-refractivity contribution in [3.63, 3.8) is 0 Å². The van der Waals surface area contributed by atoms with E-state index in [1.165, 1.54) is 24.1 Å². The molecule has 4 heteroatoms. The second-order valence-corrected chi connectivity index (χ2v) is 12.0. The van der Waals surface area contributed by atoms with Gasteiger partial charge in [-0.25, -0.2) is 0 Å². The maximum absolute atomic E-state index is 13.0. The van der Waals surface area contributed by atoms with Crippen LogP contribution in [0.1, 0.15) is 79.1 Å². The summed E-state index contributed by atoms with van der Waals surface area (Å²) in [5.41, 5.74) is 2.91. The van der Waals surface area contributed by atoms with Crippen LogP contribution in [0.25, 0.3) is 0 Å². The number of carbonyl (C=O) groups excluding carboxylic acids is 1. The summed E-state index contributed by atoms with van der Waals surface area (Å²) in [4.78, 5) is 19.0. The molecule has 0 aromatic rings. The highest BCUT2D eigenvalue weighted by atomic mass is 16.6. The van der Waals surface area contributed by atoms with Crippen molar-refractivity contribution in [3.8, 4) is 0 Å². The summed E-state index contributed by atoms with van der Waals surface area (Å²) in [5.74, 6) is 3.65. The first-order chi connectivity index (χ1) is 14.8. The third kappa shape index (κ3) is 3.18. The standard InChI is InChI=1S/C27H42N2O2/c1-6-19-23(29-31-18-9-12-28-15-18)8-11-26(4)21-7-10-27(5)22(14-17(3)25(27)30)20(21)13-16(2)24(19)26/h17-22,24,28H,2,6-15H2,1,3-5H3/t17?,18?,19-,20?,21?,22?,24?,26+,27-/m0/s1. The zero-order valence-electron chi connectivity index (χ0n) is 20.1. The first-order valence-electron chi connectivity index (χ1n) is 12.9. The highest BCUT2D eigenvalue weighted by Crippen LogP contribution is 2.67. The Hall–Kier alpha value is -1.16. The highest BCUT2D eigenvalue weighted by molar-refractivity contribution is 5.89. The number of allylic oxidation sites excluding steroid dienone is 1. The number of carbonyl (C=O) groups is 1. The van der Waals surface area contributed by atoms with Crippen molar-refractivity contribution in [1.29, 1.82) is 0 Å². The summed E-state index contributed by atoms with van der Waals surface area (Å²) < 4.78 is 0. The van der Waals surface area contributed by atoms with E-state index in [0.717, 1.165) is 57.5 Å². The fraction of sp³-hybridized carbons (Fsp3) is 0.852. The molecular formula is C27H42N2O2. The molecule has 4 aliphatic carbocycles. The van der Waals surface area contributed by atoms with Crippen molar-refractivity contribution < 1.29 is 9.63 Å². The number of nitrogens with one attached hydrogen (secondary N) is 1. The van der Waals surface area contributed by atoms with Gasteiger partial charge >= 0.3 is 0 Å². The first-order valence-corrected chi connectivity index (χ1v) is 12.9. The Labute approximate surface area is 188 Å².